The molecule has 2 aromatic rings. The molecule has 20 heavy (non-hydrogen) atoms. The molecule has 3 rings (SSSR count). The molecule has 0 spiro atoms. The van der Waals surface area contributed by atoms with Gasteiger partial charge < -0.3 is 4.74 Å². The fraction of sp³-hybridized carbons (Fsp3) is 0.200. The first-order chi connectivity index (χ1) is 9.58. The van der Waals surface area contributed by atoms with Crippen LogP contribution in [0, 0.1) is 0 Å². The molecule has 0 bridgehead atoms. The number of alkyl halides is 1. The number of hydrogen-bond donors (Lipinski definition) is 0. The Hall–Kier alpha value is -0.410. The lowest BCUT2D eigenvalue weighted by atomic mass is 10.0. The highest BCUT2D eigenvalue weighted by Gasteiger charge is 2.25. The second-order valence-electron chi connectivity index (χ2n) is 4.59. The van der Waals surface area contributed by atoms with E-state index in [0.29, 0.717) is 16.7 Å². The minimum atomic E-state index is -0.398. The van der Waals surface area contributed by atoms with Crippen molar-refractivity contribution in [2.24, 2.45) is 0 Å². The van der Waals surface area contributed by atoms with E-state index in [1.54, 1.807) is 6.07 Å². The number of benzene rings is 2. The topological polar surface area (TPSA) is 9.23 Å². The molecule has 1 aliphatic rings. The van der Waals surface area contributed by atoms with Gasteiger partial charge in [-0.1, -0.05) is 51.3 Å². The summed E-state index contributed by atoms with van der Waals surface area (Å²) in [5.41, 5.74) is 2.87. The van der Waals surface area contributed by atoms with E-state index in [9.17, 15) is 0 Å². The highest BCUT2D eigenvalue weighted by Crippen LogP contribution is 2.44. The maximum Gasteiger partial charge on any atom is 0.127 e. The van der Waals surface area contributed by atoms with Crippen molar-refractivity contribution in [2.45, 2.75) is 11.8 Å². The highest BCUT2D eigenvalue weighted by atomic mass is 79.9. The smallest absolute Gasteiger partial charge is 0.127 e. The molecule has 0 saturated carbocycles. The first-order valence-electron chi connectivity index (χ1n) is 6.11. The molecule has 1 aliphatic heterocycles. The number of halogens is 4. The van der Waals surface area contributed by atoms with E-state index < -0.39 is 5.38 Å². The van der Waals surface area contributed by atoms with E-state index in [1.165, 1.54) is 0 Å². The fourth-order valence-corrected chi connectivity index (χ4v) is 3.71. The molecule has 0 amide bonds. The molecular formula is C15H10BrCl3O. The van der Waals surface area contributed by atoms with Crippen LogP contribution in [0.5, 0.6) is 5.75 Å². The maximum atomic E-state index is 6.62. The molecule has 0 aromatic heterocycles. The second-order valence-corrected chi connectivity index (χ2v) is 6.72. The molecule has 0 saturated heterocycles. The lowest BCUT2D eigenvalue weighted by Crippen LogP contribution is -1.98. The Kier molecular flexibility index (Phi) is 4.19. The predicted molar refractivity (Wildman–Crippen MR) is 87.5 cm³/mol. The van der Waals surface area contributed by atoms with E-state index in [0.717, 1.165) is 33.3 Å². The molecule has 0 radical (unpaired) electrons. The molecule has 5 heteroatoms. The van der Waals surface area contributed by atoms with Crippen LogP contribution in [0.2, 0.25) is 10.0 Å². The maximum absolute atomic E-state index is 6.62. The molecule has 0 fully saturated rings. The quantitative estimate of drug-likeness (QED) is 0.568. The molecule has 0 N–H and O–H groups in total. The Morgan fingerprint density at radius 1 is 1.15 bits per heavy atom. The third kappa shape index (κ3) is 2.55. The second kappa shape index (κ2) is 5.76. The van der Waals surface area contributed by atoms with Crippen LogP contribution in [-0.4, -0.2) is 6.61 Å². The summed E-state index contributed by atoms with van der Waals surface area (Å²) >= 11 is 22.5. The third-order valence-corrected chi connectivity index (χ3v) is 5.07. The zero-order valence-electron chi connectivity index (χ0n) is 10.3. The fourth-order valence-electron chi connectivity index (χ4n) is 2.37. The van der Waals surface area contributed by atoms with Crippen molar-refractivity contribution in [3.63, 3.8) is 0 Å². The van der Waals surface area contributed by atoms with Crippen LogP contribution in [-0.2, 0) is 6.42 Å². The van der Waals surface area contributed by atoms with Crippen LogP contribution in [0.4, 0.5) is 0 Å². The van der Waals surface area contributed by atoms with Gasteiger partial charge >= 0.3 is 0 Å². The first kappa shape index (κ1) is 14.5. The van der Waals surface area contributed by atoms with Crippen molar-refractivity contribution >= 4 is 50.7 Å². The highest BCUT2D eigenvalue weighted by molar-refractivity contribution is 9.10. The zero-order valence-corrected chi connectivity index (χ0v) is 14.2. The van der Waals surface area contributed by atoms with Crippen molar-refractivity contribution in [3.8, 4) is 5.75 Å². The van der Waals surface area contributed by atoms with E-state index in [1.807, 2.05) is 18.2 Å². The standard InChI is InChI=1S/C15H10BrCl3O/c16-9-6-8-4-5-20-15(8)11(7-9)13(18)10-2-1-3-12(17)14(10)19/h1-3,6-7,13H,4-5H2. The van der Waals surface area contributed by atoms with Gasteiger partial charge in [0.05, 0.1) is 22.0 Å². The van der Waals surface area contributed by atoms with E-state index in [-0.39, 0.29) is 0 Å². The largest absolute Gasteiger partial charge is 0.493 e. The minimum absolute atomic E-state index is 0.398. The molecule has 1 atom stereocenters. The summed E-state index contributed by atoms with van der Waals surface area (Å²) in [6.07, 6.45) is 0.897. The minimum Gasteiger partial charge on any atom is -0.493 e. The van der Waals surface area contributed by atoms with Gasteiger partial charge in [0.25, 0.3) is 0 Å². The van der Waals surface area contributed by atoms with Crippen molar-refractivity contribution in [2.75, 3.05) is 6.61 Å². The van der Waals surface area contributed by atoms with Crippen LogP contribution in [0.1, 0.15) is 22.1 Å². The zero-order chi connectivity index (χ0) is 14.3. The van der Waals surface area contributed by atoms with Crippen LogP contribution < -0.4 is 4.74 Å². The first-order valence-corrected chi connectivity index (χ1v) is 8.09. The summed E-state index contributed by atoms with van der Waals surface area (Å²) in [4.78, 5) is 0. The van der Waals surface area contributed by atoms with Gasteiger partial charge in [0.1, 0.15) is 5.75 Å². The summed E-state index contributed by atoms with van der Waals surface area (Å²) in [5.74, 6) is 0.865. The van der Waals surface area contributed by atoms with E-state index in [4.69, 9.17) is 39.5 Å². The molecular weight excluding hydrogens is 382 g/mol. The van der Waals surface area contributed by atoms with E-state index in [2.05, 4.69) is 22.0 Å². The summed E-state index contributed by atoms with van der Waals surface area (Å²) in [6.45, 7) is 0.686. The van der Waals surface area contributed by atoms with Gasteiger partial charge in [-0.2, -0.15) is 0 Å². The normalized spacial score (nSPS) is 14.8. The SMILES string of the molecule is Clc1cccc(C(Cl)c2cc(Br)cc3c2OCC3)c1Cl. The van der Waals surface area contributed by atoms with Crippen molar-refractivity contribution in [1.29, 1.82) is 0 Å². The Morgan fingerprint density at radius 3 is 2.75 bits per heavy atom. The van der Waals surface area contributed by atoms with Gasteiger partial charge in [-0.3, -0.25) is 0 Å². The van der Waals surface area contributed by atoms with Gasteiger partial charge in [-0.25, -0.2) is 0 Å². The third-order valence-electron chi connectivity index (χ3n) is 3.30. The van der Waals surface area contributed by atoms with Crippen LogP contribution in [0.25, 0.3) is 0 Å². The van der Waals surface area contributed by atoms with Gasteiger partial charge in [0, 0.05) is 16.5 Å². The Balaban J connectivity index is 2.11. The lowest BCUT2D eigenvalue weighted by molar-refractivity contribution is 0.353. The van der Waals surface area contributed by atoms with Crippen LogP contribution in [0.3, 0.4) is 0 Å². The number of hydrogen-bond acceptors (Lipinski definition) is 1. The van der Waals surface area contributed by atoms with Crippen molar-refractivity contribution in [1.82, 2.24) is 0 Å². The summed E-state index contributed by atoms with van der Waals surface area (Å²) in [6, 6.07) is 9.51. The Bertz CT molecular complexity index is 672. The molecule has 0 aliphatic carbocycles. The van der Waals surface area contributed by atoms with Crippen LogP contribution >= 0.6 is 50.7 Å². The van der Waals surface area contributed by atoms with E-state index >= 15 is 0 Å². The Morgan fingerprint density at radius 2 is 1.95 bits per heavy atom. The van der Waals surface area contributed by atoms with Crippen molar-refractivity contribution < 1.29 is 4.74 Å². The van der Waals surface area contributed by atoms with Gasteiger partial charge in [-0.15, -0.1) is 11.6 Å². The average molecular weight is 393 g/mol. The summed E-state index contributed by atoms with van der Waals surface area (Å²) in [7, 11) is 0. The number of fused-ring (bicyclic) bond motifs is 1. The molecule has 2 aromatic carbocycles. The Labute approximate surface area is 140 Å². The van der Waals surface area contributed by atoms with Gasteiger partial charge in [0.2, 0.25) is 0 Å². The molecule has 104 valence electrons. The predicted octanol–water partition coefficient (Wildman–Crippen LogP) is 6.02. The summed E-state index contributed by atoms with van der Waals surface area (Å²) < 4.78 is 6.70. The van der Waals surface area contributed by atoms with Gasteiger partial charge in [0.15, 0.2) is 0 Å². The lowest BCUT2D eigenvalue weighted by Gasteiger charge is -2.16. The molecule has 1 heterocycles. The molecule has 1 unspecified atom stereocenters. The van der Waals surface area contributed by atoms with Crippen LogP contribution in [0.15, 0.2) is 34.8 Å². The van der Waals surface area contributed by atoms with Gasteiger partial charge in [-0.05, 0) is 29.3 Å². The number of ether oxygens (including phenoxy) is 1. The van der Waals surface area contributed by atoms with Crippen molar-refractivity contribution in [3.05, 3.63) is 61.5 Å². The number of rotatable bonds is 2. The molecule has 1 nitrogen and oxygen atoms in total. The summed E-state index contributed by atoms with van der Waals surface area (Å²) in [5, 5.41) is 0.591. The monoisotopic (exact) mass is 390 g/mol. The average Bonchev–Trinajstić information content (AvgIpc) is 2.88.